The molecule has 6 aliphatic rings. The first-order valence-corrected chi connectivity index (χ1v) is 19.9. The maximum absolute atomic E-state index is 6.95. The summed E-state index contributed by atoms with van der Waals surface area (Å²) in [5, 5.41) is 3.84. The molecule has 270 valence electrons. The van der Waals surface area contributed by atoms with Crippen molar-refractivity contribution >= 4 is 16.8 Å². The number of nitrogens with two attached hydrogens (primary N) is 1. The van der Waals surface area contributed by atoms with E-state index < -0.39 is 0 Å². The molecule has 0 radical (unpaired) electrons. The van der Waals surface area contributed by atoms with Gasteiger partial charge in [-0.1, -0.05) is 182 Å². The molecule has 2 heteroatoms. The first-order chi connectivity index (χ1) is 27.2. The van der Waals surface area contributed by atoms with Gasteiger partial charge in [-0.15, -0.1) is 0 Å². The first kappa shape index (κ1) is 34.8. The van der Waals surface area contributed by atoms with E-state index in [1.54, 1.807) is 5.57 Å². The van der Waals surface area contributed by atoms with E-state index in [4.69, 9.17) is 5.73 Å². The van der Waals surface area contributed by atoms with Crippen LogP contribution < -0.4 is 11.1 Å². The predicted molar refractivity (Wildman–Crippen MR) is 232 cm³/mol. The molecule has 0 amide bonds. The lowest BCUT2D eigenvalue weighted by atomic mass is 9.62. The number of benzene rings is 3. The van der Waals surface area contributed by atoms with Gasteiger partial charge in [-0.3, -0.25) is 0 Å². The Morgan fingerprint density at radius 2 is 1.51 bits per heavy atom. The van der Waals surface area contributed by atoms with Crippen molar-refractivity contribution < 1.29 is 0 Å². The van der Waals surface area contributed by atoms with Gasteiger partial charge in [0.05, 0.1) is 0 Å². The van der Waals surface area contributed by atoms with Gasteiger partial charge in [0.25, 0.3) is 0 Å². The summed E-state index contributed by atoms with van der Waals surface area (Å²) >= 11 is 0. The van der Waals surface area contributed by atoms with Gasteiger partial charge in [0.2, 0.25) is 0 Å². The molecule has 9 rings (SSSR count). The van der Waals surface area contributed by atoms with Crippen molar-refractivity contribution in [3.63, 3.8) is 0 Å². The van der Waals surface area contributed by atoms with E-state index >= 15 is 0 Å². The average Bonchev–Trinajstić information content (AvgIpc) is 3.25. The maximum atomic E-state index is 6.95. The largest absolute Gasteiger partial charge is 0.355 e. The monoisotopic (exact) mass is 712 g/mol. The highest BCUT2D eigenvalue weighted by molar-refractivity contribution is 5.75. The van der Waals surface area contributed by atoms with Gasteiger partial charge in [-0.05, 0) is 93.5 Å². The number of allylic oxidation sites excluding steroid dienone is 24. The number of fused-ring (bicyclic) bond motifs is 5. The summed E-state index contributed by atoms with van der Waals surface area (Å²) in [4.78, 5) is 0. The van der Waals surface area contributed by atoms with Gasteiger partial charge in [-0.2, -0.15) is 0 Å². The molecule has 3 N–H and O–H groups in total. The molecule has 0 saturated carbocycles. The highest BCUT2D eigenvalue weighted by Crippen LogP contribution is 2.50. The smallest absolute Gasteiger partial charge is 0.0490 e. The second-order valence-electron chi connectivity index (χ2n) is 15.3. The lowest BCUT2D eigenvalue weighted by Crippen LogP contribution is -2.31. The van der Waals surface area contributed by atoms with E-state index in [0.29, 0.717) is 29.6 Å². The number of hydrogen-bond acceptors (Lipinski definition) is 2. The van der Waals surface area contributed by atoms with Gasteiger partial charge in [0, 0.05) is 41.1 Å². The molecule has 6 atom stereocenters. The summed E-state index contributed by atoms with van der Waals surface area (Å²) in [6, 6.07) is 29.7. The molecule has 2 nitrogen and oxygen atoms in total. The topological polar surface area (TPSA) is 38.0 Å². The Bertz CT molecular complexity index is 2330. The summed E-state index contributed by atoms with van der Waals surface area (Å²) in [6.07, 6.45) is 46.9. The molecule has 3 aromatic carbocycles. The van der Waals surface area contributed by atoms with Gasteiger partial charge in [0.15, 0.2) is 0 Å². The van der Waals surface area contributed by atoms with E-state index in [-0.39, 0.29) is 6.04 Å². The van der Waals surface area contributed by atoms with Gasteiger partial charge in [-0.25, -0.2) is 0 Å². The molecule has 0 fully saturated rings. The minimum Gasteiger partial charge on any atom is -0.355 e. The fourth-order valence-corrected chi connectivity index (χ4v) is 9.02. The van der Waals surface area contributed by atoms with Crippen molar-refractivity contribution in [2.45, 2.75) is 25.3 Å². The van der Waals surface area contributed by atoms with Crippen LogP contribution in [0.5, 0.6) is 0 Å². The van der Waals surface area contributed by atoms with Crippen molar-refractivity contribution in [2.75, 3.05) is 5.32 Å². The van der Waals surface area contributed by atoms with Crippen molar-refractivity contribution in [3.8, 4) is 0 Å². The van der Waals surface area contributed by atoms with E-state index in [9.17, 15) is 0 Å². The lowest BCUT2D eigenvalue weighted by molar-refractivity contribution is 0.473. The summed E-state index contributed by atoms with van der Waals surface area (Å²) in [6.45, 7) is 0. The minimum absolute atomic E-state index is 0.256. The van der Waals surface area contributed by atoms with Crippen LogP contribution in [0.15, 0.2) is 228 Å². The SMILES string of the molecule is NC(/C=C(\C=C\C1C=CC=C(c2ccccc2)C1)c1ccccc1)c1ccc(NC2=C(C3=C4C5C=CC=CC5C=CC4C4C=CC=CC4=C3)CCC=C2)cc1. The van der Waals surface area contributed by atoms with E-state index in [0.717, 1.165) is 41.6 Å². The normalized spacial score (nSPS) is 25.8. The van der Waals surface area contributed by atoms with Crippen molar-refractivity contribution in [2.24, 2.45) is 35.3 Å². The Hall–Kier alpha value is -5.96. The van der Waals surface area contributed by atoms with Crippen molar-refractivity contribution in [1.29, 1.82) is 0 Å². The van der Waals surface area contributed by atoms with Gasteiger partial charge in [0.1, 0.15) is 0 Å². The highest BCUT2D eigenvalue weighted by atomic mass is 14.9. The maximum Gasteiger partial charge on any atom is 0.0490 e. The third kappa shape index (κ3) is 7.43. The molecule has 0 spiro atoms. The highest BCUT2D eigenvalue weighted by Gasteiger charge is 2.39. The second kappa shape index (κ2) is 15.8. The van der Waals surface area contributed by atoms with Crippen LogP contribution in [0.4, 0.5) is 5.69 Å². The fraction of sp³-hybridized carbons (Fsp3) is 0.170. The molecular weight excluding hydrogens is 665 g/mol. The van der Waals surface area contributed by atoms with Crippen molar-refractivity contribution in [1.82, 2.24) is 0 Å². The molecule has 6 aliphatic carbocycles. The van der Waals surface area contributed by atoms with E-state index in [1.165, 1.54) is 33.6 Å². The number of rotatable bonds is 9. The van der Waals surface area contributed by atoms with Gasteiger partial charge < -0.3 is 11.1 Å². The number of anilines is 1. The van der Waals surface area contributed by atoms with Crippen LogP contribution in [0.1, 0.15) is 42.0 Å². The van der Waals surface area contributed by atoms with Crippen LogP contribution in [0.2, 0.25) is 0 Å². The molecule has 0 heterocycles. The van der Waals surface area contributed by atoms with Crippen LogP contribution in [0.3, 0.4) is 0 Å². The van der Waals surface area contributed by atoms with Gasteiger partial charge >= 0.3 is 0 Å². The molecule has 0 aromatic heterocycles. The van der Waals surface area contributed by atoms with Crippen LogP contribution in [0, 0.1) is 29.6 Å². The van der Waals surface area contributed by atoms with E-state index in [2.05, 4.69) is 206 Å². The second-order valence-corrected chi connectivity index (χ2v) is 15.3. The average molecular weight is 713 g/mol. The number of nitrogens with one attached hydrogen (secondary N) is 1. The first-order valence-electron chi connectivity index (χ1n) is 19.9. The Labute approximate surface area is 326 Å². The summed E-state index contributed by atoms with van der Waals surface area (Å²) in [7, 11) is 0. The third-order valence-electron chi connectivity index (χ3n) is 11.9. The molecule has 3 aromatic rings. The molecular formula is C53H48N2. The molecule has 0 saturated heterocycles. The Morgan fingerprint density at radius 1 is 0.727 bits per heavy atom. The zero-order chi connectivity index (χ0) is 37.0. The standard InChI is InChI=1S/C53H48N2/c54-51(36-43(39-17-5-2-6-18-39)27-26-37-14-13-21-42(34-37)38-15-3-1-4-16-38)41-28-31-45(32-29-41)55-52-25-12-11-24-48(52)50-35-44-20-8-9-22-46(44)49-33-30-40-19-7-10-23-47(40)53(49)50/h1-10,12-23,25-33,35-37,40,46-47,49,51,55H,11,24,34,54H2/b27-26+,43-36+. The quantitative estimate of drug-likeness (QED) is 0.171. The molecule has 0 aliphatic heterocycles. The van der Waals surface area contributed by atoms with Crippen LogP contribution in [0.25, 0.3) is 11.1 Å². The summed E-state index contributed by atoms with van der Waals surface area (Å²) in [5.74, 6) is 1.89. The Balaban J connectivity index is 0.974. The summed E-state index contributed by atoms with van der Waals surface area (Å²) < 4.78 is 0. The predicted octanol–water partition coefficient (Wildman–Crippen LogP) is 12.5. The molecule has 0 bridgehead atoms. The van der Waals surface area contributed by atoms with Crippen LogP contribution in [-0.4, -0.2) is 0 Å². The minimum atomic E-state index is -0.256. The van der Waals surface area contributed by atoms with Crippen LogP contribution >= 0.6 is 0 Å². The summed E-state index contributed by atoms with van der Waals surface area (Å²) in [5.41, 5.74) is 21.0. The molecule has 55 heavy (non-hydrogen) atoms. The molecule has 6 unspecified atom stereocenters. The van der Waals surface area contributed by atoms with Crippen LogP contribution in [-0.2, 0) is 0 Å². The number of hydrogen-bond donors (Lipinski definition) is 2. The Morgan fingerprint density at radius 3 is 2.36 bits per heavy atom. The zero-order valence-corrected chi connectivity index (χ0v) is 31.2. The van der Waals surface area contributed by atoms with Crippen molar-refractivity contribution in [3.05, 3.63) is 245 Å². The Kier molecular flexibility index (Phi) is 9.99. The van der Waals surface area contributed by atoms with E-state index in [1.807, 2.05) is 0 Å². The third-order valence-corrected chi connectivity index (χ3v) is 11.9. The fourth-order valence-electron chi connectivity index (χ4n) is 9.02. The zero-order valence-electron chi connectivity index (χ0n) is 31.2. The lowest BCUT2D eigenvalue weighted by Gasteiger charge is -2.42.